The Labute approximate surface area is 129 Å². The van der Waals surface area contributed by atoms with Crippen molar-refractivity contribution >= 4 is 11.6 Å². The summed E-state index contributed by atoms with van der Waals surface area (Å²) in [7, 11) is 1.61. The van der Waals surface area contributed by atoms with Crippen LogP contribution < -0.4 is 10.1 Å². The second-order valence-corrected chi connectivity index (χ2v) is 5.94. The Morgan fingerprint density at radius 1 is 1.14 bits per heavy atom. The maximum Gasteiger partial charge on any atom is 0.230 e. The number of halogens is 1. The molecule has 0 bridgehead atoms. The van der Waals surface area contributed by atoms with Crippen LogP contribution in [0.4, 0.5) is 10.1 Å². The normalized spacial score (nSPS) is 15.2. The number of hydrogen-bond donors (Lipinski definition) is 1. The van der Waals surface area contributed by atoms with Crippen LogP contribution in [0.2, 0.25) is 0 Å². The van der Waals surface area contributed by atoms with Gasteiger partial charge in [0.15, 0.2) is 0 Å². The molecule has 0 unspecified atom stereocenters. The summed E-state index contributed by atoms with van der Waals surface area (Å²) in [4.78, 5) is 12.1. The zero-order chi connectivity index (χ0) is 15.7. The smallest absolute Gasteiger partial charge is 0.230 e. The van der Waals surface area contributed by atoms with Gasteiger partial charge in [-0.15, -0.1) is 0 Å². The van der Waals surface area contributed by atoms with Gasteiger partial charge in [0.25, 0.3) is 0 Å². The molecule has 2 aromatic rings. The maximum atomic E-state index is 13.9. The fraction of sp³-hybridized carbons (Fsp3) is 0.278. The van der Waals surface area contributed by atoms with Crippen LogP contribution in [0.3, 0.4) is 0 Å². The standard InChI is InChI=1S/C18H18FNO2/c1-18(9-10-18)17(21)20-16-11-13(5-8-15(16)19)12-3-6-14(22-2)7-4-12/h3-8,11H,9-10H2,1-2H3,(H,20,21). The van der Waals surface area contributed by atoms with Crippen LogP contribution in [0.25, 0.3) is 11.1 Å². The van der Waals surface area contributed by atoms with Gasteiger partial charge < -0.3 is 10.1 Å². The molecule has 4 heteroatoms. The van der Waals surface area contributed by atoms with Crippen LogP contribution in [0, 0.1) is 11.2 Å². The monoisotopic (exact) mass is 299 g/mol. The summed E-state index contributed by atoms with van der Waals surface area (Å²) < 4.78 is 19.1. The molecule has 1 fully saturated rings. The van der Waals surface area contributed by atoms with E-state index in [1.54, 1.807) is 19.2 Å². The third-order valence-corrected chi connectivity index (χ3v) is 4.19. The largest absolute Gasteiger partial charge is 0.497 e. The van der Waals surface area contributed by atoms with E-state index in [0.717, 1.165) is 29.7 Å². The lowest BCUT2D eigenvalue weighted by molar-refractivity contribution is -0.120. The summed E-state index contributed by atoms with van der Waals surface area (Å²) in [6.07, 6.45) is 1.72. The molecule has 0 saturated heterocycles. The van der Waals surface area contributed by atoms with Crippen molar-refractivity contribution in [3.63, 3.8) is 0 Å². The molecule has 0 spiro atoms. The number of hydrogen-bond acceptors (Lipinski definition) is 2. The van der Waals surface area contributed by atoms with Crippen LogP contribution in [-0.2, 0) is 4.79 Å². The van der Waals surface area contributed by atoms with Gasteiger partial charge in [-0.2, -0.15) is 0 Å². The van der Waals surface area contributed by atoms with Gasteiger partial charge in [0.2, 0.25) is 5.91 Å². The molecule has 114 valence electrons. The van der Waals surface area contributed by atoms with Crippen molar-refractivity contribution in [3.05, 3.63) is 48.3 Å². The van der Waals surface area contributed by atoms with E-state index in [1.807, 2.05) is 31.2 Å². The minimum absolute atomic E-state index is 0.113. The quantitative estimate of drug-likeness (QED) is 0.917. The number of carbonyl (C=O) groups is 1. The molecular formula is C18H18FNO2. The first-order valence-electron chi connectivity index (χ1n) is 7.27. The number of rotatable bonds is 4. The fourth-order valence-electron chi connectivity index (χ4n) is 2.27. The Morgan fingerprint density at radius 2 is 1.77 bits per heavy atom. The van der Waals surface area contributed by atoms with Gasteiger partial charge >= 0.3 is 0 Å². The molecule has 0 radical (unpaired) electrons. The highest BCUT2D eigenvalue weighted by atomic mass is 19.1. The van der Waals surface area contributed by atoms with E-state index in [-0.39, 0.29) is 17.0 Å². The van der Waals surface area contributed by atoms with Crippen molar-refractivity contribution in [3.8, 4) is 16.9 Å². The minimum Gasteiger partial charge on any atom is -0.497 e. The van der Waals surface area contributed by atoms with Crippen LogP contribution in [0.15, 0.2) is 42.5 Å². The van der Waals surface area contributed by atoms with Gasteiger partial charge in [0.05, 0.1) is 12.8 Å². The van der Waals surface area contributed by atoms with Crippen LogP contribution in [0.1, 0.15) is 19.8 Å². The molecular weight excluding hydrogens is 281 g/mol. The minimum atomic E-state index is -0.421. The van der Waals surface area contributed by atoms with Crippen molar-refractivity contribution in [1.82, 2.24) is 0 Å². The van der Waals surface area contributed by atoms with Gasteiger partial charge in [-0.3, -0.25) is 4.79 Å². The van der Waals surface area contributed by atoms with E-state index in [1.165, 1.54) is 6.07 Å². The van der Waals surface area contributed by atoms with Crippen molar-refractivity contribution in [2.75, 3.05) is 12.4 Å². The lowest BCUT2D eigenvalue weighted by Gasteiger charge is -2.12. The summed E-state index contributed by atoms with van der Waals surface area (Å²) in [6, 6.07) is 12.3. The number of benzene rings is 2. The molecule has 22 heavy (non-hydrogen) atoms. The fourth-order valence-corrected chi connectivity index (χ4v) is 2.27. The molecule has 1 aliphatic rings. The van der Waals surface area contributed by atoms with Crippen LogP contribution in [0.5, 0.6) is 5.75 Å². The topological polar surface area (TPSA) is 38.3 Å². The molecule has 0 atom stereocenters. The van der Waals surface area contributed by atoms with E-state index in [0.29, 0.717) is 0 Å². The van der Waals surface area contributed by atoms with E-state index in [4.69, 9.17) is 4.74 Å². The molecule has 2 aromatic carbocycles. The highest BCUT2D eigenvalue weighted by Crippen LogP contribution is 2.46. The number of amides is 1. The predicted octanol–water partition coefficient (Wildman–Crippen LogP) is 4.24. The Balaban J connectivity index is 1.86. The van der Waals surface area contributed by atoms with E-state index in [9.17, 15) is 9.18 Å². The van der Waals surface area contributed by atoms with E-state index in [2.05, 4.69) is 5.32 Å². The molecule has 1 saturated carbocycles. The average Bonchev–Trinajstić information content (AvgIpc) is 3.29. The number of methoxy groups -OCH3 is 1. The van der Waals surface area contributed by atoms with E-state index < -0.39 is 5.82 Å². The summed E-state index contributed by atoms with van der Waals surface area (Å²) in [5.74, 6) is 0.231. The molecule has 1 amide bonds. The Bertz CT molecular complexity index is 706. The zero-order valence-corrected chi connectivity index (χ0v) is 12.7. The lowest BCUT2D eigenvalue weighted by atomic mass is 10.0. The van der Waals surface area contributed by atoms with Gasteiger partial charge in [-0.25, -0.2) is 4.39 Å². The second kappa shape index (κ2) is 5.44. The molecule has 3 rings (SSSR count). The third kappa shape index (κ3) is 2.82. The van der Waals surface area contributed by atoms with Crippen molar-refractivity contribution in [2.24, 2.45) is 5.41 Å². The first-order valence-corrected chi connectivity index (χ1v) is 7.27. The van der Waals surface area contributed by atoms with E-state index >= 15 is 0 Å². The third-order valence-electron chi connectivity index (χ3n) is 4.19. The SMILES string of the molecule is COc1ccc(-c2ccc(F)c(NC(=O)C3(C)CC3)c2)cc1. The predicted molar refractivity (Wildman–Crippen MR) is 84.4 cm³/mol. The zero-order valence-electron chi connectivity index (χ0n) is 12.7. The Morgan fingerprint density at radius 3 is 2.36 bits per heavy atom. The van der Waals surface area contributed by atoms with Gasteiger partial charge in [0.1, 0.15) is 11.6 Å². The first kappa shape index (κ1) is 14.6. The van der Waals surface area contributed by atoms with Gasteiger partial charge in [-0.05, 0) is 48.2 Å². The van der Waals surface area contributed by atoms with Crippen molar-refractivity contribution in [1.29, 1.82) is 0 Å². The van der Waals surface area contributed by atoms with Crippen LogP contribution in [-0.4, -0.2) is 13.0 Å². The van der Waals surface area contributed by atoms with Gasteiger partial charge in [0, 0.05) is 5.41 Å². The van der Waals surface area contributed by atoms with Crippen LogP contribution >= 0.6 is 0 Å². The van der Waals surface area contributed by atoms with Gasteiger partial charge in [-0.1, -0.05) is 25.1 Å². The molecule has 0 aromatic heterocycles. The Hall–Kier alpha value is -2.36. The highest BCUT2D eigenvalue weighted by molar-refractivity contribution is 5.97. The molecule has 1 N–H and O–H groups in total. The first-order chi connectivity index (χ1) is 10.5. The summed E-state index contributed by atoms with van der Waals surface area (Å²) >= 11 is 0. The van der Waals surface area contributed by atoms with Crippen molar-refractivity contribution < 1.29 is 13.9 Å². The molecule has 0 aliphatic heterocycles. The average molecular weight is 299 g/mol. The number of nitrogens with one attached hydrogen (secondary N) is 1. The summed E-state index contributed by atoms with van der Waals surface area (Å²) in [5.41, 5.74) is 1.68. The summed E-state index contributed by atoms with van der Waals surface area (Å²) in [5, 5.41) is 2.71. The summed E-state index contributed by atoms with van der Waals surface area (Å²) in [6.45, 7) is 1.90. The number of carbonyl (C=O) groups excluding carboxylic acids is 1. The Kier molecular flexibility index (Phi) is 3.61. The van der Waals surface area contributed by atoms with Crippen molar-refractivity contribution in [2.45, 2.75) is 19.8 Å². The molecule has 1 aliphatic carbocycles. The number of ether oxygens (including phenoxy) is 1. The molecule has 0 heterocycles. The second-order valence-electron chi connectivity index (χ2n) is 5.94. The number of anilines is 1. The molecule has 3 nitrogen and oxygen atoms in total. The highest BCUT2D eigenvalue weighted by Gasteiger charge is 2.45. The maximum absolute atomic E-state index is 13.9. The lowest BCUT2D eigenvalue weighted by Crippen LogP contribution is -2.21.